The summed E-state index contributed by atoms with van der Waals surface area (Å²) in [6.07, 6.45) is 13.2. The van der Waals surface area contributed by atoms with Crippen LogP contribution in [0.25, 0.3) is 0 Å². The molecule has 2 saturated heterocycles. The Bertz CT molecular complexity index is 229. The minimum Gasteiger partial charge on any atom is -0.313 e. The van der Waals surface area contributed by atoms with E-state index in [0.29, 0.717) is 0 Å². The quantitative estimate of drug-likeness (QED) is 0.793. The summed E-state index contributed by atoms with van der Waals surface area (Å²) in [6.45, 7) is 5.39. The van der Waals surface area contributed by atoms with Gasteiger partial charge in [0, 0.05) is 25.7 Å². The second-order valence-electron chi connectivity index (χ2n) is 6.73. The smallest absolute Gasteiger partial charge is 0.0195 e. The summed E-state index contributed by atoms with van der Waals surface area (Å²) in [7, 11) is 0. The van der Waals surface area contributed by atoms with Crippen molar-refractivity contribution in [2.45, 2.75) is 63.8 Å². The van der Waals surface area contributed by atoms with E-state index < -0.39 is 0 Å². The minimum atomic E-state index is 0.755. The molecule has 1 atom stereocenters. The van der Waals surface area contributed by atoms with Crippen molar-refractivity contribution in [2.75, 3.05) is 26.2 Å². The molecule has 2 nitrogen and oxygen atoms in total. The number of nitrogens with one attached hydrogen (secondary N) is 1. The normalized spacial score (nSPS) is 34.2. The Morgan fingerprint density at radius 1 is 0.941 bits per heavy atom. The molecule has 1 N–H and O–H groups in total. The SMILES string of the molecule is C1CCCC2(CC1)CN(CC1CCCCN1)C2. The average molecular weight is 236 g/mol. The maximum absolute atomic E-state index is 3.68. The van der Waals surface area contributed by atoms with E-state index in [1.807, 2.05) is 0 Å². The van der Waals surface area contributed by atoms with Crippen LogP contribution in [-0.2, 0) is 0 Å². The molecular formula is C15H28N2. The molecule has 0 amide bonds. The van der Waals surface area contributed by atoms with E-state index in [4.69, 9.17) is 0 Å². The highest BCUT2D eigenvalue weighted by Gasteiger charge is 2.42. The van der Waals surface area contributed by atoms with Crippen LogP contribution in [0.5, 0.6) is 0 Å². The van der Waals surface area contributed by atoms with Gasteiger partial charge in [0.05, 0.1) is 0 Å². The molecule has 1 saturated carbocycles. The molecule has 98 valence electrons. The van der Waals surface area contributed by atoms with Gasteiger partial charge in [-0.25, -0.2) is 0 Å². The number of piperidine rings is 1. The zero-order valence-corrected chi connectivity index (χ0v) is 11.2. The highest BCUT2D eigenvalue weighted by atomic mass is 15.2. The number of rotatable bonds is 2. The molecule has 3 fully saturated rings. The Balaban J connectivity index is 1.43. The fraction of sp³-hybridized carbons (Fsp3) is 1.00. The molecule has 17 heavy (non-hydrogen) atoms. The Labute approximate surface area is 106 Å². The number of hydrogen-bond donors (Lipinski definition) is 1. The van der Waals surface area contributed by atoms with Crippen LogP contribution in [0.1, 0.15) is 57.8 Å². The van der Waals surface area contributed by atoms with Crippen molar-refractivity contribution in [3.8, 4) is 0 Å². The first-order valence-electron chi connectivity index (χ1n) is 7.82. The lowest BCUT2D eigenvalue weighted by molar-refractivity contribution is -0.0188. The predicted octanol–water partition coefficient (Wildman–Crippen LogP) is 2.78. The van der Waals surface area contributed by atoms with Gasteiger partial charge in [-0.3, -0.25) is 0 Å². The predicted molar refractivity (Wildman–Crippen MR) is 72.2 cm³/mol. The molecule has 3 rings (SSSR count). The summed E-state index contributed by atoms with van der Waals surface area (Å²) in [6, 6.07) is 0.798. The van der Waals surface area contributed by atoms with E-state index in [2.05, 4.69) is 10.2 Å². The summed E-state index contributed by atoms with van der Waals surface area (Å²) >= 11 is 0. The van der Waals surface area contributed by atoms with Crippen molar-refractivity contribution in [1.82, 2.24) is 10.2 Å². The van der Waals surface area contributed by atoms with Crippen molar-refractivity contribution in [3.05, 3.63) is 0 Å². The fourth-order valence-corrected chi connectivity index (χ4v) is 4.22. The van der Waals surface area contributed by atoms with Crippen molar-refractivity contribution in [3.63, 3.8) is 0 Å². The molecule has 0 aromatic rings. The second-order valence-corrected chi connectivity index (χ2v) is 6.73. The van der Waals surface area contributed by atoms with Gasteiger partial charge in [0.15, 0.2) is 0 Å². The van der Waals surface area contributed by atoms with Gasteiger partial charge in [0.1, 0.15) is 0 Å². The second kappa shape index (κ2) is 5.27. The number of hydrogen-bond acceptors (Lipinski definition) is 2. The van der Waals surface area contributed by atoms with Crippen LogP contribution in [0, 0.1) is 5.41 Å². The molecule has 0 aromatic carbocycles. The molecule has 2 heterocycles. The summed E-state index contributed by atoms with van der Waals surface area (Å²) in [5.74, 6) is 0. The van der Waals surface area contributed by atoms with Gasteiger partial charge in [0.25, 0.3) is 0 Å². The summed E-state index contributed by atoms with van der Waals surface area (Å²) in [5.41, 5.74) is 0.755. The van der Waals surface area contributed by atoms with Crippen LogP contribution < -0.4 is 5.32 Å². The molecule has 2 aliphatic heterocycles. The lowest BCUT2D eigenvalue weighted by atomic mass is 9.73. The molecule has 0 aromatic heterocycles. The highest BCUT2D eigenvalue weighted by molar-refractivity contribution is 4.97. The maximum atomic E-state index is 3.68. The van der Waals surface area contributed by atoms with E-state index in [-0.39, 0.29) is 0 Å². The molecule has 2 heteroatoms. The third-order valence-corrected chi connectivity index (χ3v) is 5.17. The Kier molecular flexibility index (Phi) is 3.72. The lowest BCUT2D eigenvalue weighted by Crippen LogP contribution is -2.59. The van der Waals surface area contributed by atoms with Gasteiger partial charge >= 0.3 is 0 Å². The zero-order chi connectivity index (χ0) is 11.6. The summed E-state index contributed by atoms with van der Waals surface area (Å²) in [4.78, 5) is 2.72. The zero-order valence-electron chi connectivity index (χ0n) is 11.2. The Hall–Kier alpha value is -0.0800. The molecule has 1 unspecified atom stereocenters. The molecule has 1 spiro atoms. The fourth-order valence-electron chi connectivity index (χ4n) is 4.22. The molecular weight excluding hydrogens is 208 g/mol. The van der Waals surface area contributed by atoms with Gasteiger partial charge in [-0.15, -0.1) is 0 Å². The molecule has 0 bridgehead atoms. The Morgan fingerprint density at radius 2 is 1.71 bits per heavy atom. The number of likely N-dealkylation sites (tertiary alicyclic amines) is 1. The van der Waals surface area contributed by atoms with Crippen LogP contribution >= 0.6 is 0 Å². The first-order valence-corrected chi connectivity index (χ1v) is 7.82. The van der Waals surface area contributed by atoms with Gasteiger partial charge < -0.3 is 10.2 Å². The number of nitrogens with zero attached hydrogens (tertiary/aromatic N) is 1. The standard InChI is InChI=1S/C15H28N2/c1-2-5-9-15(8-4-1)12-17(13-15)11-14-7-3-6-10-16-14/h14,16H,1-13H2. The van der Waals surface area contributed by atoms with Crippen molar-refractivity contribution in [2.24, 2.45) is 5.41 Å². The third-order valence-electron chi connectivity index (χ3n) is 5.17. The topological polar surface area (TPSA) is 15.3 Å². The first-order chi connectivity index (χ1) is 8.36. The van der Waals surface area contributed by atoms with Gasteiger partial charge in [-0.05, 0) is 37.6 Å². The van der Waals surface area contributed by atoms with Gasteiger partial charge in [0.2, 0.25) is 0 Å². The third kappa shape index (κ3) is 2.85. The molecule has 3 aliphatic rings. The minimum absolute atomic E-state index is 0.755. The highest BCUT2D eigenvalue weighted by Crippen LogP contribution is 2.42. The van der Waals surface area contributed by atoms with Gasteiger partial charge in [-0.1, -0.05) is 32.1 Å². The summed E-state index contributed by atoms with van der Waals surface area (Å²) < 4.78 is 0. The van der Waals surface area contributed by atoms with Crippen molar-refractivity contribution < 1.29 is 0 Å². The van der Waals surface area contributed by atoms with E-state index in [9.17, 15) is 0 Å². The molecule has 0 radical (unpaired) electrons. The van der Waals surface area contributed by atoms with Crippen LogP contribution in [0.2, 0.25) is 0 Å². The maximum Gasteiger partial charge on any atom is 0.0195 e. The van der Waals surface area contributed by atoms with Crippen LogP contribution in [0.4, 0.5) is 0 Å². The Morgan fingerprint density at radius 3 is 2.35 bits per heavy atom. The lowest BCUT2D eigenvalue weighted by Gasteiger charge is -2.51. The van der Waals surface area contributed by atoms with Crippen LogP contribution in [0.15, 0.2) is 0 Å². The van der Waals surface area contributed by atoms with E-state index >= 15 is 0 Å². The van der Waals surface area contributed by atoms with E-state index in [1.165, 1.54) is 84.0 Å². The van der Waals surface area contributed by atoms with Crippen molar-refractivity contribution in [1.29, 1.82) is 0 Å². The summed E-state index contributed by atoms with van der Waals surface area (Å²) in [5, 5.41) is 3.68. The largest absolute Gasteiger partial charge is 0.313 e. The van der Waals surface area contributed by atoms with E-state index in [0.717, 1.165) is 11.5 Å². The van der Waals surface area contributed by atoms with E-state index in [1.54, 1.807) is 0 Å². The van der Waals surface area contributed by atoms with Gasteiger partial charge in [-0.2, -0.15) is 0 Å². The first kappa shape index (κ1) is 12.0. The molecule has 1 aliphatic carbocycles. The van der Waals surface area contributed by atoms with Crippen LogP contribution in [-0.4, -0.2) is 37.1 Å². The average Bonchev–Trinajstić information content (AvgIpc) is 2.56. The van der Waals surface area contributed by atoms with Crippen molar-refractivity contribution >= 4 is 0 Å². The van der Waals surface area contributed by atoms with Crippen LogP contribution in [0.3, 0.4) is 0 Å². The monoisotopic (exact) mass is 236 g/mol.